The smallest absolute Gasteiger partial charge is 0.270 e. The molecule has 1 aromatic rings. The Morgan fingerprint density at radius 2 is 2.10 bits per heavy atom. The monoisotopic (exact) mass is 341 g/mol. The first-order chi connectivity index (χ1) is 9.66. The van der Waals surface area contributed by atoms with E-state index >= 15 is 0 Å². The molecule has 0 atom stereocenters. The SMILES string of the molecule is O=[N+]([O-])c1ccc(CNCCCN2CCCC2)c(Br)c1. The summed E-state index contributed by atoms with van der Waals surface area (Å²) in [6, 6.07) is 4.91. The second-order valence-corrected chi connectivity index (χ2v) is 5.97. The van der Waals surface area contributed by atoms with Gasteiger partial charge in [0.2, 0.25) is 0 Å². The van der Waals surface area contributed by atoms with Gasteiger partial charge in [0.05, 0.1) is 4.92 Å². The summed E-state index contributed by atoms with van der Waals surface area (Å²) in [5, 5.41) is 14.0. The van der Waals surface area contributed by atoms with Crippen LogP contribution < -0.4 is 5.32 Å². The first-order valence-electron chi connectivity index (χ1n) is 7.03. The molecule has 110 valence electrons. The summed E-state index contributed by atoms with van der Waals surface area (Å²) >= 11 is 3.39. The third-order valence-electron chi connectivity index (χ3n) is 3.59. The molecule has 0 unspecified atom stereocenters. The summed E-state index contributed by atoms with van der Waals surface area (Å²) in [5.41, 5.74) is 1.17. The number of nitro benzene ring substituents is 1. The Balaban J connectivity index is 1.69. The van der Waals surface area contributed by atoms with E-state index in [0.717, 1.165) is 36.1 Å². The maximum absolute atomic E-state index is 10.7. The van der Waals surface area contributed by atoms with Gasteiger partial charge < -0.3 is 10.2 Å². The van der Waals surface area contributed by atoms with Gasteiger partial charge in [0.25, 0.3) is 5.69 Å². The highest BCUT2D eigenvalue weighted by Crippen LogP contribution is 2.22. The van der Waals surface area contributed by atoms with Crippen LogP contribution in [0.4, 0.5) is 5.69 Å². The molecular weight excluding hydrogens is 322 g/mol. The van der Waals surface area contributed by atoms with Gasteiger partial charge in [0.15, 0.2) is 0 Å². The van der Waals surface area contributed by atoms with Crippen molar-refractivity contribution in [2.45, 2.75) is 25.8 Å². The maximum atomic E-state index is 10.7. The van der Waals surface area contributed by atoms with Gasteiger partial charge in [-0.2, -0.15) is 0 Å². The molecule has 5 nitrogen and oxygen atoms in total. The van der Waals surface area contributed by atoms with Crippen LogP contribution in [-0.2, 0) is 6.54 Å². The Kier molecular flexibility index (Phi) is 5.94. The van der Waals surface area contributed by atoms with Crippen LogP contribution in [0.25, 0.3) is 0 Å². The van der Waals surface area contributed by atoms with Crippen LogP contribution in [-0.4, -0.2) is 36.0 Å². The summed E-state index contributed by atoms with van der Waals surface area (Å²) in [6.07, 6.45) is 3.82. The van der Waals surface area contributed by atoms with E-state index in [1.165, 1.54) is 25.9 Å². The van der Waals surface area contributed by atoms with E-state index < -0.39 is 0 Å². The molecule has 6 heteroatoms. The fourth-order valence-electron chi connectivity index (χ4n) is 2.45. The third kappa shape index (κ3) is 4.54. The van der Waals surface area contributed by atoms with E-state index in [-0.39, 0.29) is 10.6 Å². The lowest BCUT2D eigenvalue weighted by atomic mass is 10.2. The quantitative estimate of drug-likeness (QED) is 0.470. The fraction of sp³-hybridized carbons (Fsp3) is 0.571. The van der Waals surface area contributed by atoms with E-state index in [9.17, 15) is 10.1 Å². The number of nitro groups is 1. The molecule has 1 N–H and O–H groups in total. The van der Waals surface area contributed by atoms with E-state index in [1.54, 1.807) is 18.2 Å². The first kappa shape index (κ1) is 15.4. The van der Waals surface area contributed by atoms with Gasteiger partial charge in [0, 0.05) is 23.2 Å². The van der Waals surface area contributed by atoms with Crippen LogP contribution in [0.15, 0.2) is 22.7 Å². The molecule has 2 rings (SSSR count). The van der Waals surface area contributed by atoms with Crippen molar-refractivity contribution in [1.29, 1.82) is 0 Å². The van der Waals surface area contributed by atoms with Gasteiger partial charge in [-0.1, -0.05) is 15.9 Å². The van der Waals surface area contributed by atoms with Gasteiger partial charge in [0.1, 0.15) is 0 Å². The molecule has 20 heavy (non-hydrogen) atoms. The number of halogens is 1. The second-order valence-electron chi connectivity index (χ2n) is 5.11. The lowest BCUT2D eigenvalue weighted by Crippen LogP contribution is -2.24. The summed E-state index contributed by atoms with van der Waals surface area (Å²) in [5.74, 6) is 0. The zero-order valence-corrected chi connectivity index (χ0v) is 13.1. The zero-order chi connectivity index (χ0) is 14.4. The molecule has 1 saturated heterocycles. The summed E-state index contributed by atoms with van der Waals surface area (Å²) < 4.78 is 0.791. The van der Waals surface area contributed by atoms with Gasteiger partial charge >= 0.3 is 0 Å². The largest absolute Gasteiger partial charge is 0.313 e. The Morgan fingerprint density at radius 1 is 1.35 bits per heavy atom. The Hall–Kier alpha value is -0.980. The maximum Gasteiger partial charge on any atom is 0.270 e. The van der Waals surface area contributed by atoms with Crippen molar-refractivity contribution >= 4 is 21.6 Å². The van der Waals surface area contributed by atoms with Crippen molar-refractivity contribution in [3.63, 3.8) is 0 Å². The predicted octanol–water partition coefficient (Wildman–Crippen LogP) is 2.93. The predicted molar refractivity (Wildman–Crippen MR) is 82.8 cm³/mol. The van der Waals surface area contributed by atoms with Crippen molar-refractivity contribution < 1.29 is 4.92 Å². The highest BCUT2D eigenvalue weighted by Gasteiger charge is 2.11. The fourth-order valence-corrected chi connectivity index (χ4v) is 2.96. The van der Waals surface area contributed by atoms with Gasteiger partial charge in [-0.05, 0) is 57.1 Å². The highest BCUT2D eigenvalue weighted by molar-refractivity contribution is 9.10. The molecular formula is C14H20BrN3O2. The molecule has 1 aromatic carbocycles. The summed E-state index contributed by atoms with van der Waals surface area (Å²) in [6.45, 7) is 5.36. The van der Waals surface area contributed by atoms with Crippen LogP contribution >= 0.6 is 15.9 Å². The normalized spacial score (nSPS) is 15.7. The topological polar surface area (TPSA) is 58.4 Å². The van der Waals surface area contributed by atoms with E-state index in [4.69, 9.17) is 0 Å². The lowest BCUT2D eigenvalue weighted by molar-refractivity contribution is -0.384. The van der Waals surface area contributed by atoms with Crippen molar-refractivity contribution in [3.8, 4) is 0 Å². The number of benzene rings is 1. The average molecular weight is 342 g/mol. The van der Waals surface area contributed by atoms with Crippen molar-refractivity contribution in [2.24, 2.45) is 0 Å². The van der Waals surface area contributed by atoms with Crippen LogP contribution in [0.1, 0.15) is 24.8 Å². The van der Waals surface area contributed by atoms with E-state index in [1.807, 2.05) is 0 Å². The van der Waals surface area contributed by atoms with Gasteiger partial charge in [-0.15, -0.1) is 0 Å². The Labute approximate surface area is 127 Å². The molecule has 0 radical (unpaired) electrons. The number of rotatable bonds is 7. The summed E-state index contributed by atoms with van der Waals surface area (Å²) in [4.78, 5) is 12.8. The molecule has 0 saturated carbocycles. The Bertz CT molecular complexity index is 462. The third-order valence-corrected chi connectivity index (χ3v) is 4.33. The molecule has 0 aliphatic carbocycles. The van der Waals surface area contributed by atoms with Gasteiger partial charge in [-0.25, -0.2) is 0 Å². The summed E-state index contributed by atoms with van der Waals surface area (Å²) in [7, 11) is 0. The lowest BCUT2D eigenvalue weighted by Gasteiger charge is -2.14. The van der Waals surface area contributed by atoms with Crippen molar-refractivity contribution in [3.05, 3.63) is 38.3 Å². The molecule has 0 bridgehead atoms. The van der Waals surface area contributed by atoms with Crippen LogP contribution in [0.5, 0.6) is 0 Å². The minimum atomic E-state index is -0.377. The highest BCUT2D eigenvalue weighted by atomic mass is 79.9. The Morgan fingerprint density at radius 3 is 2.75 bits per heavy atom. The molecule has 0 amide bonds. The molecule has 0 spiro atoms. The molecule has 0 aromatic heterocycles. The zero-order valence-electron chi connectivity index (χ0n) is 11.5. The number of hydrogen-bond acceptors (Lipinski definition) is 4. The first-order valence-corrected chi connectivity index (χ1v) is 7.82. The number of nitrogens with one attached hydrogen (secondary N) is 1. The minimum absolute atomic E-state index is 0.120. The molecule has 1 fully saturated rings. The van der Waals surface area contributed by atoms with Crippen LogP contribution in [0.3, 0.4) is 0 Å². The number of likely N-dealkylation sites (tertiary alicyclic amines) is 1. The van der Waals surface area contributed by atoms with Crippen LogP contribution in [0.2, 0.25) is 0 Å². The number of non-ortho nitro benzene ring substituents is 1. The molecule has 1 aliphatic heterocycles. The minimum Gasteiger partial charge on any atom is -0.313 e. The average Bonchev–Trinajstić information content (AvgIpc) is 2.93. The van der Waals surface area contributed by atoms with Crippen molar-refractivity contribution in [2.75, 3.05) is 26.2 Å². The molecule has 1 heterocycles. The standard InChI is InChI=1S/C14H20BrN3O2/c15-14-10-13(18(19)20)5-4-12(14)11-16-6-3-9-17-7-1-2-8-17/h4-5,10,16H,1-3,6-9,11H2. The number of hydrogen-bond donors (Lipinski definition) is 1. The van der Waals surface area contributed by atoms with Gasteiger partial charge in [-0.3, -0.25) is 10.1 Å². The van der Waals surface area contributed by atoms with E-state index in [0.29, 0.717) is 0 Å². The van der Waals surface area contributed by atoms with Crippen molar-refractivity contribution in [1.82, 2.24) is 10.2 Å². The van der Waals surface area contributed by atoms with Crippen LogP contribution in [0, 0.1) is 10.1 Å². The molecule has 1 aliphatic rings. The second kappa shape index (κ2) is 7.71. The number of nitrogens with zero attached hydrogens (tertiary/aromatic N) is 2. The van der Waals surface area contributed by atoms with E-state index in [2.05, 4.69) is 26.1 Å².